The first-order chi connectivity index (χ1) is 15.1. The van der Waals surface area contributed by atoms with Crippen LogP contribution in [0, 0.1) is 12.8 Å². The quantitative estimate of drug-likeness (QED) is 0.582. The Labute approximate surface area is 182 Å². The molecule has 1 aromatic heterocycles. The van der Waals surface area contributed by atoms with Gasteiger partial charge in [0.05, 0.1) is 23.9 Å². The average molecular weight is 418 g/mol. The Balaban J connectivity index is 1.62. The van der Waals surface area contributed by atoms with Crippen molar-refractivity contribution in [3.05, 3.63) is 71.9 Å². The Kier molecular flexibility index (Phi) is 6.16. The monoisotopic (exact) mass is 417 g/mol. The Morgan fingerprint density at radius 3 is 2.35 bits per heavy atom. The maximum absolute atomic E-state index is 13.5. The third-order valence-corrected chi connectivity index (χ3v) is 5.68. The Bertz CT molecular complexity index is 1050. The number of carbonyl (C=O) groups is 2. The molecule has 4 rings (SSSR count). The van der Waals surface area contributed by atoms with E-state index in [1.54, 1.807) is 4.68 Å². The topological polar surface area (TPSA) is 64.4 Å². The van der Waals surface area contributed by atoms with Crippen LogP contribution in [0.1, 0.15) is 35.8 Å². The zero-order valence-electron chi connectivity index (χ0n) is 18.0. The van der Waals surface area contributed by atoms with Crippen molar-refractivity contribution in [2.45, 2.75) is 26.7 Å². The molecule has 2 heterocycles. The molecule has 0 saturated carbocycles. The molecule has 1 amide bonds. The molecule has 6 heteroatoms. The maximum Gasteiger partial charge on any atom is 0.309 e. The minimum atomic E-state index is -0.161. The normalized spacial score (nSPS) is 14.5. The number of rotatable bonds is 5. The van der Waals surface area contributed by atoms with Crippen LogP contribution in [-0.2, 0) is 9.53 Å². The van der Waals surface area contributed by atoms with Crippen LogP contribution in [0.5, 0.6) is 0 Å². The first-order valence-electron chi connectivity index (χ1n) is 10.7. The molecule has 2 aromatic carbocycles. The summed E-state index contributed by atoms with van der Waals surface area (Å²) >= 11 is 0. The summed E-state index contributed by atoms with van der Waals surface area (Å²) in [5, 5.41) is 4.76. The van der Waals surface area contributed by atoms with Crippen LogP contribution < -0.4 is 0 Å². The fourth-order valence-corrected chi connectivity index (χ4v) is 3.91. The molecule has 1 aliphatic rings. The fourth-order valence-electron chi connectivity index (χ4n) is 3.91. The van der Waals surface area contributed by atoms with Gasteiger partial charge in [-0.3, -0.25) is 9.59 Å². The summed E-state index contributed by atoms with van der Waals surface area (Å²) < 4.78 is 6.87. The number of amides is 1. The summed E-state index contributed by atoms with van der Waals surface area (Å²) in [4.78, 5) is 27.3. The van der Waals surface area contributed by atoms with E-state index in [4.69, 9.17) is 9.84 Å². The number of hydrogen-bond donors (Lipinski definition) is 0. The lowest BCUT2D eigenvalue weighted by molar-refractivity contribution is -0.149. The molecule has 160 valence electrons. The molecule has 1 aliphatic heterocycles. The van der Waals surface area contributed by atoms with E-state index in [2.05, 4.69) is 0 Å². The van der Waals surface area contributed by atoms with Gasteiger partial charge in [0.2, 0.25) is 0 Å². The average Bonchev–Trinajstić information content (AvgIpc) is 3.25. The van der Waals surface area contributed by atoms with Crippen molar-refractivity contribution in [3.63, 3.8) is 0 Å². The first-order valence-corrected chi connectivity index (χ1v) is 10.7. The van der Waals surface area contributed by atoms with Crippen LogP contribution in [0.3, 0.4) is 0 Å². The van der Waals surface area contributed by atoms with Gasteiger partial charge in [-0.15, -0.1) is 0 Å². The lowest BCUT2D eigenvalue weighted by Crippen LogP contribution is -2.41. The first kappa shape index (κ1) is 20.8. The SMILES string of the molecule is CCOC(=O)C1CCN(C(=O)c2cc(-c3ccccc3)nn2-c2ccc(C)cc2)CC1. The number of benzene rings is 2. The largest absolute Gasteiger partial charge is 0.466 e. The van der Waals surface area contributed by atoms with E-state index in [0.29, 0.717) is 38.2 Å². The van der Waals surface area contributed by atoms with Gasteiger partial charge in [0.1, 0.15) is 5.69 Å². The van der Waals surface area contributed by atoms with E-state index < -0.39 is 0 Å². The highest BCUT2D eigenvalue weighted by molar-refractivity contribution is 5.94. The van der Waals surface area contributed by atoms with Crippen molar-refractivity contribution >= 4 is 11.9 Å². The van der Waals surface area contributed by atoms with E-state index in [-0.39, 0.29) is 17.8 Å². The second-order valence-electron chi connectivity index (χ2n) is 7.85. The van der Waals surface area contributed by atoms with E-state index in [1.807, 2.05) is 79.4 Å². The van der Waals surface area contributed by atoms with E-state index in [1.165, 1.54) is 0 Å². The van der Waals surface area contributed by atoms with Crippen molar-refractivity contribution in [1.29, 1.82) is 0 Å². The van der Waals surface area contributed by atoms with E-state index in [0.717, 1.165) is 22.5 Å². The maximum atomic E-state index is 13.5. The van der Waals surface area contributed by atoms with Crippen molar-refractivity contribution in [3.8, 4) is 16.9 Å². The highest BCUT2D eigenvalue weighted by atomic mass is 16.5. The summed E-state index contributed by atoms with van der Waals surface area (Å²) in [5.41, 5.74) is 4.23. The van der Waals surface area contributed by atoms with Crippen LogP contribution >= 0.6 is 0 Å². The zero-order valence-corrected chi connectivity index (χ0v) is 18.0. The van der Waals surface area contributed by atoms with Crippen LogP contribution in [0.2, 0.25) is 0 Å². The summed E-state index contributed by atoms with van der Waals surface area (Å²) in [5.74, 6) is -0.367. The standard InChI is InChI=1S/C25H27N3O3/c1-3-31-25(30)20-13-15-27(16-14-20)24(29)23-17-22(19-7-5-4-6-8-19)26-28(23)21-11-9-18(2)10-12-21/h4-12,17,20H,3,13-16H2,1-2H3. The number of nitrogens with zero attached hydrogens (tertiary/aromatic N) is 3. The van der Waals surface area contributed by atoms with Gasteiger partial charge in [0, 0.05) is 18.7 Å². The van der Waals surface area contributed by atoms with Crippen molar-refractivity contribution in [2.75, 3.05) is 19.7 Å². The number of aromatic nitrogens is 2. The molecule has 0 radical (unpaired) electrons. The van der Waals surface area contributed by atoms with Gasteiger partial charge in [-0.2, -0.15) is 5.10 Å². The Morgan fingerprint density at radius 1 is 1.03 bits per heavy atom. The molecular weight excluding hydrogens is 390 g/mol. The molecule has 1 saturated heterocycles. The molecule has 0 atom stereocenters. The van der Waals surface area contributed by atoms with Gasteiger partial charge < -0.3 is 9.64 Å². The summed E-state index contributed by atoms with van der Waals surface area (Å²) in [6.45, 7) is 5.29. The zero-order chi connectivity index (χ0) is 21.8. The summed E-state index contributed by atoms with van der Waals surface area (Å²) in [7, 11) is 0. The molecule has 0 unspecified atom stereocenters. The van der Waals surface area contributed by atoms with Crippen molar-refractivity contribution in [2.24, 2.45) is 5.92 Å². The number of likely N-dealkylation sites (tertiary alicyclic amines) is 1. The fraction of sp³-hybridized carbons (Fsp3) is 0.320. The van der Waals surface area contributed by atoms with E-state index >= 15 is 0 Å². The minimum Gasteiger partial charge on any atom is -0.466 e. The summed E-state index contributed by atoms with van der Waals surface area (Å²) in [6, 6.07) is 19.7. The molecule has 3 aromatic rings. The third-order valence-electron chi connectivity index (χ3n) is 5.68. The van der Waals surface area contributed by atoms with Gasteiger partial charge in [-0.25, -0.2) is 4.68 Å². The molecule has 1 fully saturated rings. The number of esters is 1. The highest BCUT2D eigenvalue weighted by Gasteiger charge is 2.30. The number of piperidine rings is 1. The predicted molar refractivity (Wildman–Crippen MR) is 119 cm³/mol. The number of carbonyl (C=O) groups excluding carboxylic acids is 2. The molecule has 0 spiro atoms. The van der Waals surface area contributed by atoms with Crippen LogP contribution in [-0.4, -0.2) is 46.3 Å². The second-order valence-corrected chi connectivity index (χ2v) is 7.85. The Morgan fingerprint density at radius 2 is 1.71 bits per heavy atom. The van der Waals surface area contributed by atoms with Crippen molar-refractivity contribution < 1.29 is 14.3 Å². The van der Waals surface area contributed by atoms with Gasteiger partial charge in [-0.05, 0) is 44.9 Å². The van der Waals surface area contributed by atoms with Gasteiger partial charge in [-0.1, -0.05) is 48.0 Å². The molecule has 0 aliphatic carbocycles. The smallest absolute Gasteiger partial charge is 0.309 e. The molecular formula is C25H27N3O3. The highest BCUT2D eigenvalue weighted by Crippen LogP contribution is 2.25. The van der Waals surface area contributed by atoms with Gasteiger partial charge >= 0.3 is 5.97 Å². The van der Waals surface area contributed by atoms with Crippen LogP contribution in [0.25, 0.3) is 16.9 Å². The van der Waals surface area contributed by atoms with Crippen LogP contribution in [0.15, 0.2) is 60.7 Å². The molecule has 0 N–H and O–H groups in total. The van der Waals surface area contributed by atoms with E-state index in [9.17, 15) is 9.59 Å². The molecule has 0 bridgehead atoms. The third kappa shape index (κ3) is 4.53. The number of aryl methyl sites for hydroxylation is 1. The molecule has 6 nitrogen and oxygen atoms in total. The number of hydrogen-bond acceptors (Lipinski definition) is 4. The number of ether oxygens (including phenoxy) is 1. The summed E-state index contributed by atoms with van der Waals surface area (Å²) in [6.07, 6.45) is 1.24. The second kappa shape index (κ2) is 9.16. The Hall–Kier alpha value is -3.41. The van der Waals surface area contributed by atoms with Gasteiger partial charge in [0.15, 0.2) is 0 Å². The lowest BCUT2D eigenvalue weighted by Gasteiger charge is -2.30. The molecule has 31 heavy (non-hydrogen) atoms. The predicted octanol–water partition coefficient (Wildman–Crippen LogP) is 4.26. The minimum absolute atomic E-state index is 0.0717. The van der Waals surface area contributed by atoms with Crippen molar-refractivity contribution in [1.82, 2.24) is 14.7 Å². The van der Waals surface area contributed by atoms with Gasteiger partial charge in [0.25, 0.3) is 5.91 Å². The lowest BCUT2D eigenvalue weighted by atomic mass is 9.97. The van der Waals surface area contributed by atoms with Crippen LogP contribution in [0.4, 0.5) is 0 Å².